The second-order valence-electron chi connectivity index (χ2n) is 4.55. The first-order valence-corrected chi connectivity index (χ1v) is 5.75. The van der Waals surface area contributed by atoms with E-state index in [2.05, 4.69) is 43.9 Å². The Hall–Kier alpha value is -1.02. The number of fused-ring (bicyclic) bond motifs is 1. The Morgan fingerprint density at radius 2 is 2.27 bits per heavy atom. The van der Waals surface area contributed by atoms with Gasteiger partial charge in [-0.15, -0.1) is 0 Å². The third-order valence-corrected chi connectivity index (χ3v) is 3.32. The molecule has 0 bridgehead atoms. The van der Waals surface area contributed by atoms with E-state index in [0.29, 0.717) is 6.04 Å². The van der Waals surface area contributed by atoms with E-state index in [-0.39, 0.29) is 6.04 Å². The maximum Gasteiger partial charge on any atom is 0.0479 e. The van der Waals surface area contributed by atoms with Crippen LogP contribution in [0.1, 0.15) is 25.0 Å². The van der Waals surface area contributed by atoms with Crippen molar-refractivity contribution in [2.45, 2.75) is 39.3 Å². The molecular weight excluding hydrogens is 184 g/mol. The van der Waals surface area contributed by atoms with Gasteiger partial charge in [0.05, 0.1) is 0 Å². The van der Waals surface area contributed by atoms with Crippen LogP contribution in [0.2, 0.25) is 0 Å². The van der Waals surface area contributed by atoms with E-state index in [4.69, 9.17) is 5.73 Å². The van der Waals surface area contributed by atoms with Crippen LogP contribution >= 0.6 is 0 Å². The van der Waals surface area contributed by atoms with Gasteiger partial charge in [0.15, 0.2) is 0 Å². The normalized spacial score (nSPS) is 21.6. The molecule has 2 nitrogen and oxygen atoms in total. The van der Waals surface area contributed by atoms with Crippen LogP contribution in [-0.4, -0.2) is 18.6 Å². The number of nitrogens with two attached hydrogens (primary N) is 1. The van der Waals surface area contributed by atoms with Crippen LogP contribution in [0, 0.1) is 6.92 Å². The molecule has 82 valence electrons. The maximum absolute atomic E-state index is 6.04. The summed E-state index contributed by atoms with van der Waals surface area (Å²) in [6, 6.07) is 7.42. The molecule has 0 spiro atoms. The molecule has 0 fully saturated rings. The van der Waals surface area contributed by atoms with Crippen LogP contribution in [-0.2, 0) is 6.42 Å². The SMILES string of the molecule is CCN1c2ccc(C)cc2CC1C(C)N. The van der Waals surface area contributed by atoms with Gasteiger partial charge in [0.1, 0.15) is 0 Å². The quantitative estimate of drug-likeness (QED) is 0.799. The predicted octanol–water partition coefficient (Wildman–Crippen LogP) is 2.09. The van der Waals surface area contributed by atoms with Crippen LogP contribution < -0.4 is 10.6 Å². The highest BCUT2D eigenvalue weighted by molar-refractivity contribution is 5.60. The van der Waals surface area contributed by atoms with E-state index in [9.17, 15) is 0 Å². The lowest BCUT2D eigenvalue weighted by Crippen LogP contribution is -2.44. The molecule has 1 aromatic rings. The van der Waals surface area contributed by atoms with E-state index < -0.39 is 0 Å². The molecule has 0 aromatic heterocycles. The molecule has 2 rings (SSSR count). The smallest absolute Gasteiger partial charge is 0.0479 e. The van der Waals surface area contributed by atoms with E-state index in [0.717, 1.165) is 13.0 Å². The van der Waals surface area contributed by atoms with Crippen molar-refractivity contribution in [2.24, 2.45) is 5.73 Å². The summed E-state index contributed by atoms with van der Waals surface area (Å²) in [6.45, 7) is 7.49. The Morgan fingerprint density at radius 1 is 1.53 bits per heavy atom. The van der Waals surface area contributed by atoms with Gasteiger partial charge in [-0.2, -0.15) is 0 Å². The summed E-state index contributed by atoms with van der Waals surface area (Å²) in [6.07, 6.45) is 1.10. The number of hydrogen-bond acceptors (Lipinski definition) is 2. The third kappa shape index (κ3) is 1.74. The Kier molecular flexibility index (Phi) is 2.70. The molecular formula is C13H20N2. The van der Waals surface area contributed by atoms with Crippen molar-refractivity contribution in [3.63, 3.8) is 0 Å². The summed E-state index contributed by atoms with van der Waals surface area (Å²) in [4.78, 5) is 2.43. The first kappa shape index (κ1) is 10.5. The zero-order valence-corrected chi connectivity index (χ0v) is 9.83. The van der Waals surface area contributed by atoms with Crippen LogP contribution in [0.25, 0.3) is 0 Å². The summed E-state index contributed by atoms with van der Waals surface area (Å²) < 4.78 is 0. The fourth-order valence-electron chi connectivity index (χ4n) is 2.55. The highest BCUT2D eigenvalue weighted by Crippen LogP contribution is 2.33. The number of rotatable bonds is 2. The third-order valence-electron chi connectivity index (χ3n) is 3.32. The van der Waals surface area contributed by atoms with Crippen molar-refractivity contribution in [2.75, 3.05) is 11.4 Å². The van der Waals surface area contributed by atoms with Crippen molar-refractivity contribution < 1.29 is 0 Å². The van der Waals surface area contributed by atoms with Gasteiger partial charge >= 0.3 is 0 Å². The van der Waals surface area contributed by atoms with E-state index in [1.54, 1.807) is 0 Å². The van der Waals surface area contributed by atoms with Crippen LogP contribution in [0.5, 0.6) is 0 Å². The lowest BCUT2D eigenvalue weighted by atomic mass is 10.0. The van der Waals surface area contributed by atoms with Crippen molar-refractivity contribution in [3.8, 4) is 0 Å². The average Bonchev–Trinajstić information content (AvgIpc) is 2.55. The van der Waals surface area contributed by atoms with Crippen molar-refractivity contribution >= 4 is 5.69 Å². The van der Waals surface area contributed by atoms with E-state index in [1.165, 1.54) is 16.8 Å². The first-order chi connectivity index (χ1) is 7.13. The molecule has 0 saturated heterocycles. The highest BCUT2D eigenvalue weighted by atomic mass is 15.2. The molecule has 0 saturated carbocycles. The first-order valence-electron chi connectivity index (χ1n) is 5.75. The molecule has 0 radical (unpaired) electrons. The van der Waals surface area contributed by atoms with E-state index >= 15 is 0 Å². The van der Waals surface area contributed by atoms with Gasteiger partial charge in [0, 0.05) is 24.3 Å². The molecule has 2 unspecified atom stereocenters. The Bertz CT molecular complexity index is 358. The monoisotopic (exact) mass is 204 g/mol. The lowest BCUT2D eigenvalue weighted by molar-refractivity contribution is 0.539. The highest BCUT2D eigenvalue weighted by Gasteiger charge is 2.30. The number of nitrogens with zero attached hydrogens (tertiary/aromatic N) is 1. The zero-order valence-electron chi connectivity index (χ0n) is 9.83. The van der Waals surface area contributed by atoms with Gasteiger partial charge in [0.25, 0.3) is 0 Å². The molecule has 1 aliphatic rings. The molecule has 15 heavy (non-hydrogen) atoms. The fraction of sp³-hybridized carbons (Fsp3) is 0.538. The number of benzene rings is 1. The molecule has 2 atom stereocenters. The predicted molar refractivity (Wildman–Crippen MR) is 65.3 cm³/mol. The van der Waals surface area contributed by atoms with Gasteiger partial charge in [-0.05, 0) is 38.8 Å². The summed E-state index contributed by atoms with van der Waals surface area (Å²) in [7, 11) is 0. The number of anilines is 1. The van der Waals surface area contributed by atoms with Gasteiger partial charge in [-0.1, -0.05) is 17.7 Å². The molecule has 1 aromatic carbocycles. The Morgan fingerprint density at radius 3 is 2.87 bits per heavy atom. The number of likely N-dealkylation sites (N-methyl/N-ethyl adjacent to an activating group) is 1. The minimum Gasteiger partial charge on any atom is -0.367 e. The molecule has 1 aliphatic heterocycles. The fourth-order valence-corrected chi connectivity index (χ4v) is 2.55. The van der Waals surface area contributed by atoms with Crippen molar-refractivity contribution in [1.29, 1.82) is 0 Å². The Balaban J connectivity index is 2.37. The molecule has 2 heteroatoms. The number of aryl methyl sites for hydroxylation is 1. The minimum absolute atomic E-state index is 0.234. The second-order valence-corrected chi connectivity index (χ2v) is 4.55. The number of hydrogen-bond donors (Lipinski definition) is 1. The largest absolute Gasteiger partial charge is 0.367 e. The van der Waals surface area contributed by atoms with Crippen LogP contribution in [0.4, 0.5) is 5.69 Å². The lowest BCUT2D eigenvalue weighted by Gasteiger charge is -2.28. The molecule has 0 amide bonds. The summed E-state index contributed by atoms with van der Waals surface area (Å²) in [5.41, 5.74) is 10.2. The molecule has 2 N–H and O–H groups in total. The summed E-state index contributed by atoms with van der Waals surface area (Å²) in [5, 5.41) is 0. The van der Waals surface area contributed by atoms with E-state index in [1.807, 2.05) is 0 Å². The summed E-state index contributed by atoms with van der Waals surface area (Å²) in [5.74, 6) is 0. The Labute approximate surface area is 92.1 Å². The van der Waals surface area contributed by atoms with Gasteiger partial charge < -0.3 is 10.6 Å². The van der Waals surface area contributed by atoms with Crippen molar-refractivity contribution in [3.05, 3.63) is 29.3 Å². The molecule has 0 aliphatic carbocycles. The second kappa shape index (κ2) is 3.86. The standard InChI is InChI=1S/C13H20N2/c1-4-15-12-6-5-9(2)7-11(12)8-13(15)10(3)14/h5-7,10,13H,4,8,14H2,1-3H3. The van der Waals surface area contributed by atoms with Crippen LogP contribution in [0.15, 0.2) is 18.2 Å². The topological polar surface area (TPSA) is 29.3 Å². The molecule has 1 heterocycles. The summed E-state index contributed by atoms with van der Waals surface area (Å²) >= 11 is 0. The van der Waals surface area contributed by atoms with Crippen LogP contribution in [0.3, 0.4) is 0 Å². The maximum atomic E-state index is 6.04. The van der Waals surface area contributed by atoms with Gasteiger partial charge in [0.2, 0.25) is 0 Å². The zero-order chi connectivity index (χ0) is 11.0. The van der Waals surface area contributed by atoms with Crippen molar-refractivity contribution in [1.82, 2.24) is 0 Å². The van der Waals surface area contributed by atoms with Gasteiger partial charge in [-0.25, -0.2) is 0 Å². The minimum atomic E-state index is 0.234. The van der Waals surface area contributed by atoms with Gasteiger partial charge in [-0.3, -0.25) is 0 Å². The average molecular weight is 204 g/mol.